The van der Waals surface area contributed by atoms with Crippen molar-refractivity contribution in [3.05, 3.63) is 77.9 Å². The molecule has 2 unspecified atom stereocenters. The minimum atomic E-state index is -5.72. The normalized spacial score (nSPS) is 15.3. The van der Waals surface area contributed by atoms with Gasteiger partial charge in [-0.3, -0.25) is 0 Å². The number of benzene rings is 2. The van der Waals surface area contributed by atoms with Crippen LogP contribution < -0.4 is 4.72 Å². The molecule has 1 N–H and O–H groups in total. The van der Waals surface area contributed by atoms with Crippen LogP contribution in [0.25, 0.3) is 6.08 Å². The Morgan fingerprint density at radius 2 is 1.40 bits per heavy atom. The summed E-state index contributed by atoms with van der Waals surface area (Å²) < 4.78 is 105. The number of rotatable bonds is 10. The fourth-order valence-corrected chi connectivity index (χ4v) is 4.21. The molecule has 0 spiro atoms. The second-order valence-electron chi connectivity index (χ2n) is 9.04. The van der Waals surface area contributed by atoms with Crippen LogP contribution in [-0.2, 0) is 22.3 Å². The SMILES string of the molecule is CC(C)(C)S(=O)NC(COCc1ccccc1)C(C/C=C/c1ccccc1)(C(F)(F)F)C(F)(F)F. The maximum atomic E-state index is 14.4. The van der Waals surface area contributed by atoms with Crippen LogP contribution in [0.15, 0.2) is 66.7 Å². The lowest BCUT2D eigenvalue weighted by Crippen LogP contribution is -2.64. The third-order valence-corrected chi connectivity index (χ3v) is 6.97. The van der Waals surface area contributed by atoms with Crippen LogP contribution in [0.1, 0.15) is 38.3 Å². The van der Waals surface area contributed by atoms with Gasteiger partial charge >= 0.3 is 12.4 Å². The predicted molar refractivity (Wildman–Crippen MR) is 126 cm³/mol. The second-order valence-corrected chi connectivity index (χ2v) is 11.0. The number of nitrogens with one attached hydrogen (secondary N) is 1. The van der Waals surface area contributed by atoms with Gasteiger partial charge in [0.1, 0.15) is 0 Å². The molecular weight excluding hydrogens is 492 g/mol. The molecule has 2 atom stereocenters. The molecule has 3 nitrogen and oxygen atoms in total. The Morgan fingerprint density at radius 1 is 0.886 bits per heavy atom. The highest BCUT2D eigenvalue weighted by atomic mass is 32.2. The van der Waals surface area contributed by atoms with Gasteiger partial charge in [0.05, 0.1) is 35.0 Å². The van der Waals surface area contributed by atoms with Crippen LogP contribution in [0.5, 0.6) is 0 Å². The minimum Gasteiger partial charge on any atom is -0.375 e. The molecule has 10 heteroatoms. The molecule has 0 heterocycles. The van der Waals surface area contributed by atoms with E-state index in [4.69, 9.17) is 4.74 Å². The molecule has 35 heavy (non-hydrogen) atoms. The van der Waals surface area contributed by atoms with Crippen molar-refractivity contribution in [2.75, 3.05) is 6.61 Å². The van der Waals surface area contributed by atoms with Gasteiger partial charge in [0, 0.05) is 0 Å². The smallest absolute Gasteiger partial charge is 0.375 e. The summed E-state index contributed by atoms with van der Waals surface area (Å²) in [5.41, 5.74) is -3.21. The molecule has 2 rings (SSSR count). The van der Waals surface area contributed by atoms with E-state index in [0.29, 0.717) is 11.1 Å². The first-order chi connectivity index (χ1) is 16.2. The van der Waals surface area contributed by atoms with E-state index in [1.807, 2.05) is 0 Å². The average molecular weight is 522 g/mol. The molecule has 0 bridgehead atoms. The highest BCUT2D eigenvalue weighted by molar-refractivity contribution is 7.84. The quantitative estimate of drug-likeness (QED) is 0.348. The van der Waals surface area contributed by atoms with Gasteiger partial charge in [0.25, 0.3) is 0 Å². The fraction of sp³-hybridized carbons (Fsp3) is 0.440. The lowest BCUT2D eigenvalue weighted by atomic mass is 9.75. The van der Waals surface area contributed by atoms with Crippen LogP contribution in [0.4, 0.5) is 26.3 Å². The molecule has 0 aliphatic rings. The number of halogens is 6. The van der Waals surface area contributed by atoms with E-state index in [-0.39, 0.29) is 6.61 Å². The van der Waals surface area contributed by atoms with Crippen LogP contribution in [0, 0.1) is 5.41 Å². The van der Waals surface area contributed by atoms with Crippen LogP contribution in [-0.4, -0.2) is 34.0 Å². The molecule has 0 saturated carbocycles. The van der Waals surface area contributed by atoms with Crippen LogP contribution in [0.2, 0.25) is 0 Å². The number of allylic oxidation sites excluding steroid dienone is 1. The molecule has 194 valence electrons. The van der Waals surface area contributed by atoms with Gasteiger partial charge in [-0.1, -0.05) is 72.8 Å². The Bertz CT molecular complexity index is 955. The van der Waals surface area contributed by atoms with E-state index < -0.39 is 52.6 Å². The standard InChI is InChI=1S/C25H29F6NO2S/c1-22(2,3)35(33)32-21(18-34-17-20-13-8-5-9-14-20)23(24(26,27)28,25(29,30)31)16-10-15-19-11-6-4-7-12-19/h4-15,21,32H,16-18H2,1-3H3/b15-10+. The molecular formula is C25H29F6NO2S. The average Bonchev–Trinajstić information content (AvgIpc) is 2.75. The lowest BCUT2D eigenvalue weighted by molar-refractivity contribution is -0.350. The van der Waals surface area contributed by atoms with E-state index in [1.165, 1.54) is 26.8 Å². The number of hydrogen-bond acceptors (Lipinski definition) is 2. The predicted octanol–water partition coefficient (Wildman–Crippen LogP) is 6.84. The largest absolute Gasteiger partial charge is 0.405 e. The first-order valence-electron chi connectivity index (χ1n) is 10.8. The summed E-state index contributed by atoms with van der Waals surface area (Å²) >= 11 is 0. The minimum absolute atomic E-state index is 0.202. The Hall–Kier alpha value is -2.17. The van der Waals surface area contributed by atoms with E-state index >= 15 is 0 Å². The van der Waals surface area contributed by atoms with Gasteiger partial charge < -0.3 is 4.74 Å². The van der Waals surface area contributed by atoms with Crippen molar-refractivity contribution in [3.8, 4) is 0 Å². The molecule has 2 aromatic rings. The maximum Gasteiger partial charge on any atom is 0.405 e. The third-order valence-electron chi connectivity index (χ3n) is 5.36. The van der Waals surface area contributed by atoms with Crippen LogP contribution >= 0.6 is 0 Å². The van der Waals surface area contributed by atoms with E-state index in [9.17, 15) is 30.6 Å². The van der Waals surface area contributed by atoms with Crippen molar-refractivity contribution >= 4 is 17.1 Å². The van der Waals surface area contributed by atoms with E-state index in [1.54, 1.807) is 60.7 Å². The molecule has 0 fully saturated rings. The highest BCUT2D eigenvalue weighted by Crippen LogP contribution is 2.55. The molecule has 0 aromatic heterocycles. The first kappa shape index (κ1) is 29.1. The number of hydrogen-bond donors (Lipinski definition) is 1. The molecule has 0 aliphatic heterocycles. The molecule has 2 aromatic carbocycles. The van der Waals surface area contributed by atoms with Gasteiger partial charge in [0.15, 0.2) is 5.41 Å². The van der Waals surface area contributed by atoms with Gasteiger partial charge in [-0.2, -0.15) is 26.3 Å². The van der Waals surface area contributed by atoms with E-state index in [2.05, 4.69) is 4.72 Å². The maximum absolute atomic E-state index is 14.4. The van der Waals surface area contributed by atoms with Crippen molar-refractivity contribution in [2.24, 2.45) is 5.41 Å². The summed E-state index contributed by atoms with van der Waals surface area (Å²) in [6.45, 7) is 3.20. The van der Waals surface area contributed by atoms with Crippen molar-refractivity contribution in [1.82, 2.24) is 4.72 Å². The molecule has 0 amide bonds. The van der Waals surface area contributed by atoms with Gasteiger partial charge in [-0.25, -0.2) is 8.93 Å². The van der Waals surface area contributed by atoms with Crippen molar-refractivity contribution in [3.63, 3.8) is 0 Å². The first-order valence-corrected chi connectivity index (χ1v) is 12.0. The van der Waals surface area contributed by atoms with Gasteiger partial charge in [-0.15, -0.1) is 0 Å². The third kappa shape index (κ3) is 7.65. The summed E-state index contributed by atoms with van der Waals surface area (Å²) in [4.78, 5) is 0. The van der Waals surface area contributed by atoms with Crippen LogP contribution in [0.3, 0.4) is 0 Å². The Labute approximate surface area is 204 Å². The second kappa shape index (κ2) is 11.7. The Kier molecular flexibility index (Phi) is 9.72. The summed E-state index contributed by atoms with van der Waals surface area (Å²) in [5, 5.41) is 0. The molecule has 0 radical (unpaired) electrons. The number of ether oxygens (including phenoxy) is 1. The Balaban J connectivity index is 2.48. The lowest BCUT2D eigenvalue weighted by Gasteiger charge is -2.43. The topological polar surface area (TPSA) is 38.3 Å². The van der Waals surface area contributed by atoms with Crippen molar-refractivity contribution in [2.45, 2.75) is 56.9 Å². The highest BCUT2D eigenvalue weighted by Gasteiger charge is 2.73. The van der Waals surface area contributed by atoms with Crippen molar-refractivity contribution in [1.29, 1.82) is 0 Å². The molecule has 0 aliphatic carbocycles. The summed E-state index contributed by atoms with van der Waals surface area (Å²) in [6.07, 6.45) is -10.8. The summed E-state index contributed by atoms with van der Waals surface area (Å²) in [7, 11) is -2.23. The zero-order valence-corrected chi connectivity index (χ0v) is 20.4. The number of alkyl halides is 6. The zero-order chi connectivity index (χ0) is 26.3. The summed E-state index contributed by atoms with van der Waals surface area (Å²) in [6, 6.07) is 14.0. The van der Waals surface area contributed by atoms with E-state index in [0.717, 1.165) is 6.08 Å². The fourth-order valence-electron chi connectivity index (χ4n) is 3.33. The van der Waals surface area contributed by atoms with Gasteiger partial charge in [-0.05, 0) is 38.3 Å². The van der Waals surface area contributed by atoms with Crippen molar-refractivity contribution < 1.29 is 35.3 Å². The Morgan fingerprint density at radius 3 is 1.89 bits per heavy atom. The van der Waals surface area contributed by atoms with Gasteiger partial charge in [0.2, 0.25) is 0 Å². The molecule has 0 saturated heterocycles. The zero-order valence-electron chi connectivity index (χ0n) is 19.6. The monoisotopic (exact) mass is 521 g/mol. The summed E-state index contributed by atoms with van der Waals surface area (Å²) in [5.74, 6) is 0.